The number of rotatable bonds is 3. The van der Waals surface area contributed by atoms with Crippen molar-refractivity contribution in [3.63, 3.8) is 0 Å². The lowest BCUT2D eigenvalue weighted by Gasteiger charge is -2.17. The van der Waals surface area contributed by atoms with Gasteiger partial charge in [-0.25, -0.2) is 4.79 Å². The first-order chi connectivity index (χ1) is 8.32. The summed E-state index contributed by atoms with van der Waals surface area (Å²) in [6.07, 6.45) is -0.843. The molecule has 1 aromatic rings. The molecule has 0 unspecified atom stereocenters. The van der Waals surface area contributed by atoms with Crippen LogP contribution in [0.2, 0.25) is 5.02 Å². The van der Waals surface area contributed by atoms with E-state index in [2.05, 4.69) is 0 Å². The quantitative estimate of drug-likeness (QED) is 0.668. The van der Waals surface area contributed by atoms with Crippen molar-refractivity contribution < 1.29 is 14.3 Å². The van der Waals surface area contributed by atoms with Gasteiger partial charge in [0.2, 0.25) is 0 Å². The maximum absolute atomic E-state index is 11.8. The van der Waals surface area contributed by atoms with Crippen molar-refractivity contribution in [1.82, 2.24) is 4.90 Å². The summed E-state index contributed by atoms with van der Waals surface area (Å²) < 4.78 is 5.03. The molecule has 0 aliphatic heterocycles. The van der Waals surface area contributed by atoms with E-state index in [1.165, 1.54) is 30.0 Å². The maximum Gasteiger partial charge on any atom is 0.338 e. The zero-order valence-corrected chi connectivity index (χ0v) is 11.2. The number of nitrogen functional groups attached to an aromatic ring is 1. The topological polar surface area (TPSA) is 72.6 Å². The molecule has 0 fully saturated rings. The molecule has 0 bridgehead atoms. The van der Waals surface area contributed by atoms with Crippen molar-refractivity contribution in [2.24, 2.45) is 0 Å². The van der Waals surface area contributed by atoms with E-state index in [9.17, 15) is 9.59 Å². The number of ether oxygens (including phenoxy) is 1. The Bertz CT molecular complexity index is 474. The molecule has 0 saturated carbocycles. The number of halogens is 1. The van der Waals surface area contributed by atoms with Gasteiger partial charge in [0.25, 0.3) is 5.91 Å². The normalized spacial score (nSPS) is 11.8. The summed E-state index contributed by atoms with van der Waals surface area (Å²) in [5, 5.41) is 0.365. The minimum absolute atomic E-state index is 0.260. The Balaban J connectivity index is 2.76. The van der Waals surface area contributed by atoms with E-state index in [1.807, 2.05) is 0 Å². The van der Waals surface area contributed by atoms with Crippen LogP contribution >= 0.6 is 11.6 Å². The maximum atomic E-state index is 11.8. The van der Waals surface area contributed by atoms with Gasteiger partial charge in [0.05, 0.1) is 16.3 Å². The smallest absolute Gasteiger partial charge is 0.338 e. The first-order valence-electron chi connectivity index (χ1n) is 5.30. The third kappa shape index (κ3) is 3.37. The van der Waals surface area contributed by atoms with E-state index < -0.39 is 12.1 Å². The van der Waals surface area contributed by atoms with E-state index in [0.29, 0.717) is 5.02 Å². The number of hydrogen-bond donors (Lipinski definition) is 1. The molecule has 0 aliphatic rings. The Morgan fingerprint density at radius 1 is 1.39 bits per heavy atom. The van der Waals surface area contributed by atoms with Gasteiger partial charge in [-0.05, 0) is 25.1 Å². The highest BCUT2D eigenvalue weighted by Gasteiger charge is 2.20. The van der Waals surface area contributed by atoms with Crippen LogP contribution in [0.5, 0.6) is 0 Å². The molecule has 5 nitrogen and oxygen atoms in total. The van der Waals surface area contributed by atoms with Crippen molar-refractivity contribution >= 4 is 29.2 Å². The second-order valence-electron chi connectivity index (χ2n) is 4.02. The molecule has 1 atom stereocenters. The molecule has 1 rings (SSSR count). The van der Waals surface area contributed by atoms with E-state index in [-0.39, 0.29) is 17.2 Å². The number of likely N-dealkylation sites (N-methyl/N-ethyl adjacent to an activating group) is 1. The molecule has 0 aromatic heterocycles. The fourth-order valence-corrected chi connectivity index (χ4v) is 1.43. The molecule has 98 valence electrons. The number of amides is 1. The minimum Gasteiger partial charge on any atom is -0.449 e. The number of anilines is 1. The highest BCUT2D eigenvalue weighted by Crippen LogP contribution is 2.20. The summed E-state index contributed by atoms with van der Waals surface area (Å²) in [6.45, 7) is 1.51. The number of esters is 1. The van der Waals surface area contributed by atoms with Gasteiger partial charge >= 0.3 is 5.97 Å². The van der Waals surface area contributed by atoms with Crippen LogP contribution in [0.1, 0.15) is 17.3 Å². The number of benzene rings is 1. The lowest BCUT2D eigenvalue weighted by atomic mass is 10.2. The summed E-state index contributed by atoms with van der Waals surface area (Å²) in [5.41, 5.74) is 6.13. The predicted molar refractivity (Wildman–Crippen MR) is 69.4 cm³/mol. The van der Waals surface area contributed by atoms with Gasteiger partial charge < -0.3 is 15.4 Å². The number of nitrogens with zero attached hydrogens (tertiary/aromatic N) is 1. The Morgan fingerprint density at radius 2 is 2.00 bits per heavy atom. The number of hydrogen-bond acceptors (Lipinski definition) is 4. The lowest BCUT2D eigenvalue weighted by Crippen LogP contribution is -2.34. The van der Waals surface area contributed by atoms with Gasteiger partial charge in [0.1, 0.15) is 0 Å². The van der Waals surface area contributed by atoms with Gasteiger partial charge in [-0.3, -0.25) is 4.79 Å². The van der Waals surface area contributed by atoms with Gasteiger partial charge in [-0.15, -0.1) is 0 Å². The third-order valence-electron chi connectivity index (χ3n) is 2.30. The fourth-order valence-electron chi connectivity index (χ4n) is 1.31. The van der Waals surface area contributed by atoms with Crippen molar-refractivity contribution in [3.05, 3.63) is 28.8 Å². The molecule has 0 heterocycles. The summed E-state index contributed by atoms with van der Waals surface area (Å²) in [4.78, 5) is 24.6. The van der Waals surface area contributed by atoms with Crippen molar-refractivity contribution in [3.8, 4) is 0 Å². The van der Waals surface area contributed by atoms with Crippen LogP contribution in [-0.4, -0.2) is 37.0 Å². The fraction of sp³-hybridized carbons (Fsp3) is 0.333. The SMILES string of the molecule is C[C@@H](OC(=O)c1ccc(Cl)c(N)c1)C(=O)N(C)C. The van der Waals surface area contributed by atoms with Crippen LogP contribution in [0.15, 0.2) is 18.2 Å². The third-order valence-corrected chi connectivity index (χ3v) is 2.65. The Labute approximate surface area is 110 Å². The largest absolute Gasteiger partial charge is 0.449 e. The van der Waals surface area contributed by atoms with Crippen molar-refractivity contribution in [1.29, 1.82) is 0 Å². The molecule has 1 aromatic carbocycles. The highest BCUT2D eigenvalue weighted by molar-refractivity contribution is 6.33. The zero-order chi connectivity index (χ0) is 13.9. The molecular formula is C12H15ClN2O3. The monoisotopic (exact) mass is 270 g/mol. The van der Waals surface area contributed by atoms with Crippen LogP contribution in [0.3, 0.4) is 0 Å². The molecule has 18 heavy (non-hydrogen) atoms. The minimum atomic E-state index is -0.843. The molecule has 0 spiro atoms. The van der Waals surface area contributed by atoms with Crippen molar-refractivity contribution in [2.45, 2.75) is 13.0 Å². The number of nitrogens with two attached hydrogens (primary N) is 1. The Hall–Kier alpha value is -1.75. The van der Waals surface area contributed by atoms with E-state index >= 15 is 0 Å². The van der Waals surface area contributed by atoms with Crippen LogP contribution < -0.4 is 5.73 Å². The lowest BCUT2D eigenvalue weighted by molar-refractivity contribution is -0.137. The summed E-state index contributed by atoms with van der Waals surface area (Å²) in [5.74, 6) is -0.897. The number of carbonyl (C=O) groups is 2. The Morgan fingerprint density at radius 3 is 2.50 bits per heavy atom. The molecule has 0 aliphatic carbocycles. The first-order valence-corrected chi connectivity index (χ1v) is 5.68. The molecule has 2 N–H and O–H groups in total. The molecule has 1 amide bonds. The van der Waals surface area contributed by atoms with Gasteiger partial charge in [-0.1, -0.05) is 11.6 Å². The van der Waals surface area contributed by atoms with Gasteiger partial charge in [0.15, 0.2) is 6.10 Å². The summed E-state index contributed by atoms with van der Waals surface area (Å²) >= 11 is 5.75. The molecule has 0 saturated heterocycles. The van der Waals surface area contributed by atoms with Crippen LogP contribution in [0, 0.1) is 0 Å². The standard InChI is InChI=1S/C12H15ClN2O3/c1-7(11(16)15(2)3)18-12(17)8-4-5-9(13)10(14)6-8/h4-7H,14H2,1-3H3/t7-/m1/s1. The first kappa shape index (κ1) is 14.3. The predicted octanol–water partition coefficient (Wildman–Crippen LogP) is 1.56. The van der Waals surface area contributed by atoms with E-state index in [4.69, 9.17) is 22.1 Å². The number of carbonyl (C=O) groups excluding carboxylic acids is 2. The van der Waals surface area contributed by atoms with E-state index in [0.717, 1.165) is 0 Å². The highest BCUT2D eigenvalue weighted by atomic mass is 35.5. The zero-order valence-electron chi connectivity index (χ0n) is 10.4. The van der Waals surface area contributed by atoms with Gasteiger partial charge in [0, 0.05) is 14.1 Å². The summed E-state index contributed by atoms with van der Waals surface area (Å²) in [6, 6.07) is 4.41. The molecule has 0 radical (unpaired) electrons. The molecule has 6 heteroatoms. The van der Waals surface area contributed by atoms with E-state index in [1.54, 1.807) is 14.1 Å². The average Bonchev–Trinajstić information content (AvgIpc) is 2.31. The molecular weight excluding hydrogens is 256 g/mol. The Kier molecular flexibility index (Phi) is 4.55. The average molecular weight is 271 g/mol. The van der Waals surface area contributed by atoms with Gasteiger partial charge in [-0.2, -0.15) is 0 Å². The van der Waals surface area contributed by atoms with Crippen molar-refractivity contribution in [2.75, 3.05) is 19.8 Å². The van der Waals surface area contributed by atoms with Crippen LogP contribution in [-0.2, 0) is 9.53 Å². The second kappa shape index (κ2) is 5.73. The van der Waals surface area contributed by atoms with Crippen LogP contribution in [0.4, 0.5) is 5.69 Å². The second-order valence-corrected chi connectivity index (χ2v) is 4.42. The summed E-state index contributed by atoms with van der Waals surface area (Å²) in [7, 11) is 3.18. The van der Waals surface area contributed by atoms with Crippen LogP contribution in [0.25, 0.3) is 0 Å².